The molecule has 0 aromatic heterocycles. The highest BCUT2D eigenvalue weighted by atomic mass is 28.3. The summed E-state index contributed by atoms with van der Waals surface area (Å²) in [5.41, 5.74) is 0.0497. The fourth-order valence-corrected chi connectivity index (χ4v) is 7.28. The standard InChI is InChI=1S/C13H22F3Si/c14-13(15,16)17(11-7-3-1-4-8-11)12-9-5-2-6-10-12/h11-12H,1-10H2. The van der Waals surface area contributed by atoms with Crippen LogP contribution in [0.1, 0.15) is 64.2 Å². The van der Waals surface area contributed by atoms with Gasteiger partial charge in [-0.15, -0.1) is 0 Å². The molecule has 99 valence electrons. The van der Waals surface area contributed by atoms with Crippen LogP contribution >= 0.6 is 0 Å². The van der Waals surface area contributed by atoms with Crippen molar-refractivity contribution < 1.29 is 13.2 Å². The zero-order valence-corrected chi connectivity index (χ0v) is 11.4. The maximum atomic E-state index is 13.3. The molecular formula is C13H22F3Si. The summed E-state index contributed by atoms with van der Waals surface area (Å²) in [6.45, 7) is 0. The first-order valence-electron chi connectivity index (χ1n) is 7.03. The Morgan fingerprint density at radius 3 is 1.29 bits per heavy atom. The average molecular weight is 263 g/mol. The molecule has 1 radical (unpaired) electrons. The smallest absolute Gasteiger partial charge is 0.177 e. The van der Waals surface area contributed by atoms with Crippen molar-refractivity contribution in [2.75, 3.05) is 0 Å². The molecule has 0 spiro atoms. The van der Waals surface area contributed by atoms with Crippen molar-refractivity contribution in [3.8, 4) is 0 Å². The number of alkyl halides is 3. The number of hydrogen-bond acceptors (Lipinski definition) is 0. The van der Waals surface area contributed by atoms with Gasteiger partial charge in [0.15, 0.2) is 8.80 Å². The molecule has 0 unspecified atom stereocenters. The zero-order chi connectivity index (χ0) is 12.3. The third-order valence-electron chi connectivity index (χ3n) is 4.42. The van der Waals surface area contributed by atoms with E-state index in [0.717, 1.165) is 64.2 Å². The van der Waals surface area contributed by atoms with E-state index in [-0.39, 0.29) is 11.1 Å². The minimum Gasteiger partial charge on any atom is -0.177 e. The van der Waals surface area contributed by atoms with Gasteiger partial charge in [0.05, 0.1) is 0 Å². The topological polar surface area (TPSA) is 0 Å². The SMILES string of the molecule is FC(F)(F)[Si](C1CCCCC1)C1CCCCC1. The van der Waals surface area contributed by atoms with Gasteiger partial charge in [0.2, 0.25) is 0 Å². The Kier molecular flexibility index (Phi) is 4.56. The van der Waals surface area contributed by atoms with Crippen LogP contribution in [0.4, 0.5) is 13.2 Å². The van der Waals surface area contributed by atoms with Gasteiger partial charge in [0.25, 0.3) is 0 Å². The Balaban J connectivity index is 2.06. The van der Waals surface area contributed by atoms with Crippen LogP contribution in [0.15, 0.2) is 0 Å². The highest BCUT2D eigenvalue weighted by molar-refractivity contribution is 6.64. The first-order chi connectivity index (χ1) is 8.09. The molecule has 0 aromatic carbocycles. The summed E-state index contributed by atoms with van der Waals surface area (Å²) in [4.78, 5) is 0. The maximum absolute atomic E-state index is 13.3. The van der Waals surface area contributed by atoms with E-state index in [9.17, 15) is 13.2 Å². The van der Waals surface area contributed by atoms with Crippen LogP contribution in [-0.2, 0) is 0 Å². The lowest BCUT2D eigenvalue weighted by molar-refractivity contribution is -0.0558. The predicted octanol–water partition coefficient (Wildman–Crippen LogP) is 5.25. The largest absolute Gasteiger partial charge is 0.360 e. The Morgan fingerprint density at radius 2 is 1.00 bits per heavy atom. The molecule has 2 aliphatic rings. The molecule has 0 amide bonds. The highest BCUT2D eigenvalue weighted by Gasteiger charge is 2.50. The fraction of sp³-hybridized carbons (Fsp3) is 1.00. The maximum Gasteiger partial charge on any atom is 0.360 e. The summed E-state index contributed by atoms with van der Waals surface area (Å²) in [7, 11) is -2.16. The molecule has 0 aromatic rings. The zero-order valence-electron chi connectivity index (χ0n) is 10.4. The minimum absolute atomic E-state index is 0.0249. The molecule has 2 aliphatic carbocycles. The van der Waals surface area contributed by atoms with E-state index in [1.807, 2.05) is 0 Å². The first-order valence-corrected chi connectivity index (χ1v) is 8.68. The van der Waals surface area contributed by atoms with E-state index in [4.69, 9.17) is 0 Å². The van der Waals surface area contributed by atoms with Crippen LogP contribution in [0.3, 0.4) is 0 Å². The molecule has 0 bridgehead atoms. The van der Waals surface area contributed by atoms with Crippen LogP contribution < -0.4 is 0 Å². The van der Waals surface area contributed by atoms with Gasteiger partial charge in [-0.25, -0.2) is 0 Å². The monoisotopic (exact) mass is 263 g/mol. The average Bonchev–Trinajstić information content (AvgIpc) is 2.30. The second kappa shape index (κ2) is 5.76. The number of halogens is 3. The normalized spacial score (nSPS) is 25.4. The Labute approximate surface area is 104 Å². The first kappa shape index (κ1) is 13.4. The molecule has 17 heavy (non-hydrogen) atoms. The van der Waals surface area contributed by atoms with E-state index in [1.54, 1.807) is 0 Å². The molecule has 0 N–H and O–H groups in total. The van der Waals surface area contributed by atoms with Crippen molar-refractivity contribution in [2.24, 2.45) is 0 Å². The Bertz CT molecular complexity index is 209. The Morgan fingerprint density at radius 1 is 0.647 bits per heavy atom. The number of hydrogen-bond donors (Lipinski definition) is 0. The van der Waals surface area contributed by atoms with Crippen LogP contribution in [0.25, 0.3) is 0 Å². The van der Waals surface area contributed by atoms with Gasteiger partial charge < -0.3 is 0 Å². The van der Waals surface area contributed by atoms with Crippen molar-refractivity contribution in [3.63, 3.8) is 0 Å². The van der Waals surface area contributed by atoms with Crippen molar-refractivity contribution in [1.82, 2.24) is 0 Å². The van der Waals surface area contributed by atoms with Gasteiger partial charge in [0.1, 0.15) is 0 Å². The summed E-state index contributed by atoms with van der Waals surface area (Å²) >= 11 is 0. The third kappa shape index (κ3) is 3.49. The molecule has 0 atom stereocenters. The lowest BCUT2D eigenvalue weighted by Crippen LogP contribution is -2.43. The molecular weight excluding hydrogens is 241 g/mol. The molecule has 0 heterocycles. The van der Waals surface area contributed by atoms with E-state index >= 15 is 0 Å². The summed E-state index contributed by atoms with van der Waals surface area (Å²) in [6.07, 6.45) is 9.82. The van der Waals surface area contributed by atoms with Crippen molar-refractivity contribution >= 4 is 8.80 Å². The van der Waals surface area contributed by atoms with Crippen LogP contribution in [0.5, 0.6) is 0 Å². The third-order valence-corrected chi connectivity index (χ3v) is 7.99. The van der Waals surface area contributed by atoms with Gasteiger partial charge in [-0.1, -0.05) is 64.2 Å². The molecule has 4 heteroatoms. The van der Waals surface area contributed by atoms with E-state index < -0.39 is 14.6 Å². The quantitative estimate of drug-likeness (QED) is 0.597. The molecule has 2 saturated carbocycles. The van der Waals surface area contributed by atoms with Gasteiger partial charge in [-0.05, 0) is 11.1 Å². The Hall–Kier alpha value is 0.00688. The van der Waals surface area contributed by atoms with Gasteiger partial charge in [0, 0.05) is 0 Å². The van der Waals surface area contributed by atoms with Crippen LogP contribution in [0, 0.1) is 0 Å². The number of rotatable bonds is 2. The van der Waals surface area contributed by atoms with Gasteiger partial charge in [-0.3, -0.25) is 0 Å². The van der Waals surface area contributed by atoms with Crippen LogP contribution in [-0.4, -0.2) is 14.6 Å². The minimum atomic E-state index is -3.87. The van der Waals surface area contributed by atoms with E-state index in [2.05, 4.69) is 0 Å². The fourth-order valence-electron chi connectivity index (χ4n) is 3.62. The lowest BCUT2D eigenvalue weighted by atomic mass is 9.99. The van der Waals surface area contributed by atoms with E-state index in [1.165, 1.54) is 0 Å². The van der Waals surface area contributed by atoms with Crippen LogP contribution in [0.2, 0.25) is 11.1 Å². The summed E-state index contributed by atoms with van der Waals surface area (Å²) in [5.74, 6) is -3.87. The van der Waals surface area contributed by atoms with Gasteiger partial charge in [-0.2, -0.15) is 13.2 Å². The summed E-state index contributed by atoms with van der Waals surface area (Å²) < 4.78 is 40.0. The lowest BCUT2D eigenvalue weighted by Gasteiger charge is -2.37. The van der Waals surface area contributed by atoms with Crippen molar-refractivity contribution in [2.45, 2.75) is 81.1 Å². The van der Waals surface area contributed by atoms with Gasteiger partial charge >= 0.3 is 5.80 Å². The van der Waals surface area contributed by atoms with E-state index in [0.29, 0.717) is 0 Å². The molecule has 2 fully saturated rings. The molecule has 0 aliphatic heterocycles. The molecule has 0 nitrogen and oxygen atoms in total. The molecule has 0 saturated heterocycles. The molecule has 2 rings (SSSR count). The second-order valence-electron chi connectivity index (χ2n) is 5.62. The second-order valence-corrected chi connectivity index (χ2v) is 8.73. The van der Waals surface area contributed by atoms with Crippen molar-refractivity contribution in [1.29, 1.82) is 0 Å². The summed E-state index contributed by atoms with van der Waals surface area (Å²) in [5, 5.41) is 0. The highest BCUT2D eigenvalue weighted by Crippen LogP contribution is 2.47. The van der Waals surface area contributed by atoms with Crippen molar-refractivity contribution in [3.05, 3.63) is 0 Å². The predicted molar refractivity (Wildman–Crippen MR) is 65.5 cm³/mol. The summed E-state index contributed by atoms with van der Waals surface area (Å²) in [6, 6.07) is 0.